The monoisotopic (exact) mass is 420 g/mol. The Kier molecular flexibility index (Phi) is 5.77. The van der Waals surface area contributed by atoms with Gasteiger partial charge in [-0.15, -0.1) is 0 Å². The van der Waals surface area contributed by atoms with Gasteiger partial charge in [-0.3, -0.25) is 0 Å². The van der Waals surface area contributed by atoms with E-state index in [0.717, 1.165) is 24.3 Å². The highest BCUT2D eigenvalue weighted by Gasteiger charge is 2.35. The molecule has 0 bridgehead atoms. The van der Waals surface area contributed by atoms with Crippen molar-refractivity contribution in [2.45, 2.75) is 69.9 Å². The summed E-state index contributed by atoms with van der Waals surface area (Å²) in [5.74, 6) is 2.83. The lowest BCUT2D eigenvalue weighted by Crippen LogP contribution is -2.09. The Morgan fingerprint density at radius 2 is 1.32 bits per heavy atom. The van der Waals surface area contributed by atoms with Crippen molar-refractivity contribution in [1.82, 2.24) is 0 Å². The topological polar surface area (TPSA) is 43.5 Å². The molecule has 0 amide bonds. The number of epoxide rings is 2. The van der Waals surface area contributed by atoms with Crippen LogP contribution in [-0.4, -0.2) is 37.6 Å². The number of aryl methyl sites for hydroxylation is 1. The van der Waals surface area contributed by atoms with Crippen LogP contribution in [0.5, 0.6) is 11.5 Å². The minimum atomic E-state index is 0.258. The molecule has 4 heteroatoms. The fraction of sp³-hybridized carbons (Fsp3) is 0.481. The fourth-order valence-electron chi connectivity index (χ4n) is 4.41. The van der Waals surface area contributed by atoms with E-state index in [1.807, 2.05) is 0 Å². The van der Waals surface area contributed by atoms with E-state index in [0.29, 0.717) is 37.3 Å². The third-order valence-electron chi connectivity index (χ3n) is 6.79. The quantitative estimate of drug-likeness (QED) is 0.415. The van der Waals surface area contributed by atoms with Crippen molar-refractivity contribution in [2.75, 3.05) is 13.2 Å². The molecule has 2 fully saturated rings. The summed E-state index contributed by atoms with van der Waals surface area (Å²) in [6.45, 7) is 7.57. The van der Waals surface area contributed by atoms with E-state index in [1.165, 1.54) is 16.7 Å². The van der Waals surface area contributed by atoms with Gasteiger partial charge in [-0.25, -0.2) is 0 Å². The first-order chi connectivity index (χ1) is 15.1. The molecule has 2 heterocycles. The van der Waals surface area contributed by atoms with E-state index in [1.54, 1.807) is 0 Å². The molecular weight excluding hydrogens is 388 g/mol. The van der Waals surface area contributed by atoms with E-state index in [4.69, 9.17) is 18.9 Å². The highest BCUT2D eigenvalue weighted by molar-refractivity contribution is 5.40. The van der Waals surface area contributed by atoms with Crippen molar-refractivity contribution in [3.8, 4) is 11.5 Å². The van der Waals surface area contributed by atoms with Crippen LogP contribution in [0.15, 0.2) is 54.6 Å². The van der Waals surface area contributed by atoms with E-state index in [9.17, 15) is 0 Å². The first-order valence-electron chi connectivity index (χ1n) is 11.5. The van der Waals surface area contributed by atoms with Crippen molar-refractivity contribution in [1.29, 1.82) is 0 Å². The van der Waals surface area contributed by atoms with E-state index < -0.39 is 0 Å². The molecule has 2 aliphatic heterocycles. The number of benzene rings is 2. The minimum Gasteiger partial charge on any atom is -0.491 e. The van der Waals surface area contributed by atoms with Gasteiger partial charge in [0.2, 0.25) is 0 Å². The van der Waals surface area contributed by atoms with Gasteiger partial charge in [0.15, 0.2) is 0 Å². The second-order valence-electron chi connectivity index (χ2n) is 9.15. The third kappa shape index (κ3) is 4.97. The predicted octanol–water partition coefficient (Wildman–Crippen LogP) is 5.54. The van der Waals surface area contributed by atoms with Gasteiger partial charge in [-0.1, -0.05) is 36.4 Å². The van der Waals surface area contributed by atoms with Gasteiger partial charge in [-0.2, -0.15) is 0 Å². The molecule has 6 unspecified atom stereocenters. The lowest BCUT2D eigenvalue weighted by Gasteiger charge is -2.24. The van der Waals surface area contributed by atoms with Crippen molar-refractivity contribution in [3.63, 3.8) is 0 Å². The predicted molar refractivity (Wildman–Crippen MR) is 121 cm³/mol. The van der Waals surface area contributed by atoms with Crippen LogP contribution in [0.4, 0.5) is 0 Å². The van der Waals surface area contributed by atoms with Crippen LogP contribution in [0.25, 0.3) is 0 Å². The molecule has 0 aromatic heterocycles. The Morgan fingerprint density at radius 1 is 0.774 bits per heavy atom. The number of rotatable bonds is 8. The van der Waals surface area contributed by atoms with Crippen LogP contribution >= 0.6 is 0 Å². The molecule has 164 valence electrons. The Labute approximate surface area is 185 Å². The van der Waals surface area contributed by atoms with Crippen molar-refractivity contribution < 1.29 is 18.9 Å². The molecule has 0 spiro atoms. The maximum absolute atomic E-state index is 5.94. The molecule has 6 atom stereocenters. The van der Waals surface area contributed by atoms with Crippen LogP contribution in [0.1, 0.15) is 55.2 Å². The third-order valence-corrected chi connectivity index (χ3v) is 6.79. The van der Waals surface area contributed by atoms with Gasteiger partial charge in [-0.05, 0) is 68.5 Å². The molecule has 4 nitrogen and oxygen atoms in total. The zero-order chi connectivity index (χ0) is 21.4. The number of allylic oxidation sites excluding steroid dienone is 2. The lowest BCUT2D eigenvalue weighted by atomic mass is 9.81. The molecule has 2 aromatic rings. The summed E-state index contributed by atoms with van der Waals surface area (Å²) in [5.41, 5.74) is 3.92. The average molecular weight is 421 g/mol. The maximum Gasteiger partial charge on any atom is 0.122 e. The van der Waals surface area contributed by atoms with E-state index in [-0.39, 0.29) is 12.2 Å². The summed E-state index contributed by atoms with van der Waals surface area (Å²) >= 11 is 0. The van der Waals surface area contributed by atoms with Crippen molar-refractivity contribution >= 4 is 0 Å². The smallest absolute Gasteiger partial charge is 0.122 e. The molecule has 0 radical (unpaired) electrons. The molecule has 3 aliphatic rings. The summed E-state index contributed by atoms with van der Waals surface area (Å²) < 4.78 is 22.6. The van der Waals surface area contributed by atoms with Gasteiger partial charge >= 0.3 is 0 Å². The SMILES string of the molecule is Cc1cc(C2C=CC(c3ccc(OCC4OC4C)cc3)CC2)ccc1OCC1OC1C. The highest BCUT2D eigenvalue weighted by Crippen LogP contribution is 2.37. The van der Waals surface area contributed by atoms with Crippen LogP contribution in [-0.2, 0) is 9.47 Å². The summed E-state index contributed by atoms with van der Waals surface area (Å²) in [5, 5.41) is 0. The summed E-state index contributed by atoms with van der Waals surface area (Å²) in [4.78, 5) is 0. The summed E-state index contributed by atoms with van der Waals surface area (Å²) in [6.07, 6.45) is 8.26. The Bertz CT molecular complexity index is 935. The molecule has 31 heavy (non-hydrogen) atoms. The molecule has 5 rings (SSSR count). The van der Waals surface area contributed by atoms with Gasteiger partial charge in [0.1, 0.15) is 36.9 Å². The number of hydrogen-bond donors (Lipinski definition) is 0. The van der Waals surface area contributed by atoms with E-state index in [2.05, 4.69) is 75.4 Å². The van der Waals surface area contributed by atoms with Gasteiger partial charge in [0.25, 0.3) is 0 Å². The second kappa shape index (κ2) is 8.68. The van der Waals surface area contributed by atoms with Gasteiger partial charge in [0, 0.05) is 11.8 Å². The number of ether oxygens (including phenoxy) is 4. The van der Waals surface area contributed by atoms with Gasteiger partial charge < -0.3 is 18.9 Å². The molecule has 2 saturated heterocycles. The Balaban J connectivity index is 1.16. The molecule has 0 N–H and O–H groups in total. The van der Waals surface area contributed by atoms with E-state index >= 15 is 0 Å². The summed E-state index contributed by atoms with van der Waals surface area (Å²) in [7, 11) is 0. The minimum absolute atomic E-state index is 0.258. The van der Waals surface area contributed by atoms with Crippen LogP contribution in [0.2, 0.25) is 0 Å². The van der Waals surface area contributed by atoms with Crippen LogP contribution in [0, 0.1) is 6.92 Å². The fourth-order valence-corrected chi connectivity index (χ4v) is 4.41. The standard InChI is InChI=1S/C27H32O4/c1-17-14-23(10-13-25(17)29-16-27-19(3)31-27)22-6-4-20(5-7-22)21-8-11-24(12-9-21)28-15-26-18(2)30-26/h4,6,8-14,18-20,22,26-27H,5,7,15-16H2,1-3H3. The normalized spacial score (nSPS) is 31.3. The van der Waals surface area contributed by atoms with Gasteiger partial charge in [0.05, 0.1) is 12.2 Å². The van der Waals surface area contributed by atoms with Crippen LogP contribution < -0.4 is 9.47 Å². The van der Waals surface area contributed by atoms with Crippen molar-refractivity contribution in [3.05, 3.63) is 71.3 Å². The zero-order valence-corrected chi connectivity index (χ0v) is 18.6. The van der Waals surface area contributed by atoms with Crippen LogP contribution in [0.3, 0.4) is 0 Å². The Morgan fingerprint density at radius 3 is 1.87 bits per heavy atom. The largest absolute Gasteiger partial charge is 0.491 e. The maximum atomic E-state index is 5.94. The molecule has 2 aromatic carbocycles. The highest BCUT2D eigenvalue weighted by atomic mass is 16.6. The van der Waals surface area contributed by atoms with Crippen molar-refractivity contribution in [2.24, 2.45) is 0 Å². The lowest BCUT2D eigenvalue weighted by molar-refractivity contribution is 0.259. The number of hydrogen-bond acceptors (Lipinski definition) is 4. The zero-order valence-electron chi connectivity index (χ0n) is 18.6. The first-order valence-corrected chi connectivity index (χ1v) is 11.5. The average Bonchev–Trinajstić information content (AvgIpc) is 3.70. The molecule has 0 saturated carbocycles. The molecular formula is C27H32O4. The molecule has 1 aliphatic carbocycles. The summed E-state index contributed by atoms with van der Waals surface area (Å²) in [6, 6.07) is 15.2. The Hall–Kier alpha value is -2.30. The second-order valence-corrected chi connectivity index (χ2v) is 9.15. The first kappa shape index (κ1) is 20.6.